The molecule has 1 aromatic heterocycles. The molecule has 0 amide bonds. The van der Waals surface area contributed by atoms with Gasteiger partial charge in [0.2, 0.25) is 0 Å². The molecular weight excluding hydrogens is 354 g/mol. The summed E-state index contributed by atoms with van der Waals surface area (Å²) in [7, 11) is -1.65. The summed E-state index contributed by atoms with van der Waals surface area (Å²) >= 11 is 5.53. The van der Waals surface area contributed by atoms with Gasteiger partial charge >= 0.3 is 0 Å². The van der Waals surface area contributed by atoms with E-state index in [-0.39, 0.29) is 5.60 Å². The highest BCUT2D eigenvalue weighted by Gasteiger charge is 2.44. The lowest BCUT2D eigenvalue weighted by Gasteiger charge is -2.43. The highest BCUT2D eigenvalue weighted by atomic mass is 32.1. The Balaban J connectivity index is 2.55. The molecule has 0 atom stereocenters. The van der Waals surface area contributed by atoms with Crippen molar-refractivity contribution in [2.24, 2.45) is 0 Å². The highest BCUT2D eigenvalue weighted by molar-refractivity contribution is 7.80. The van der Waals surface area contributed by atoms with Crippen LogP contribution in [0.15, 0.2) is 30.5 Å². The Morgan fingerprint density at radius 3 is 1.96 bits per heavy atom. The minimum absolute atomic E-state index is 0.289. The number of nitrogens with zero attached hydrogens (tertiary/aromatic N) is 1. The first kappa shape index (κ1) is 21.2. The third kappa shape index (κ3) is 3.77. The first-order valence-corrected chi connectivity index (χ1v) is 12.4. The SMILES string of the molecule is CC(C)[Si](c1ccc2c(ccn2C(=S)OC(C)(C)C)c1)(C(C)C)C(C)C. The monoisotopic (exact) mass is 389 g/mol. The lowest BCUT2D eigenvalue weighted by molar-refractivity contribution is 0.116. The Bertz CT molecular complexity index is 761. The van der Waals surface area contributed by atoms with Gasteiger partial charge in [0, 0.05) is 6.20 Å². The second-order valence-electron chi connectivity index (χ2n) is 9.34. The van der Waals surface area contributed by atoms with Crippen molar-refractivity contribution in [3.8, 4) is 0 Å². The molecule has 4 heteroatoms. The van der Waals surface area contributed by atoms with Gasteiger partial charge in [-0.05, 0) is 67.1 Å². The summed E-state index contributed by atoms with van der Waals surface area (Å²) in [5.74, 6) is 0. The van der Waals surface area contributed by atoms with Crippen LogP contribution in [-0.4, -0.2) is 23.4 Å². The third-order valence-electron chi connectivity index (χ3n) is 5.65. The molecule has 1 heterocycles. The van der Waals surface area contributed by atoms with E-state index in [4.69, 9.17) is 17.0 Å². The molecule has 2 aromatic rings. The van der Waals surface area contributed by atoms with Gasteiger partial charge in [0.15, 0.2) is 0 Å². The third-order valence-corrected chi connectivity index (χ3v) is 13.0. The molecule has 0 aliphatic rings. The standard InChI is InChI=1S/C22H35NOSSi/c1-15(2)26(16(3)4,17(5)6)19-10-11-20-18(14-19)12-13-23(20)21(25)24-22(7,8)9/h10-17H,1-9H3. The predicted molar refractivity (Wildman–Crippen MR) is 121 cm³/mol. The van der Waals surface area contributed by atoms with Crippen molar-refractivity contribution >= 4 is 41.6 Å². The topological polar surface area (TPSA) is 14.2 Å². The quantitative estimate of drug-likeness (QED) is 0.439. The number of thiocarbonyl (C=S) groups is 1. The highest BCUT2D eigenvalue weighted by Crippen LogP contribution is 2.41. The van der Waals surface area contributed by atoms with Crippen molar-refractivity contribution in [3.63, 3.8) is 0 Å². The van der Waals surface area contributed by atoms with Crippen molar-refractivity contribution in [1.82, 2.24) is 4.57 Å². The van der Waals surface area contributed by atoms with E-state index >= 15 is 0 Å². The largest absolute Gasteiger partial charge is 0.465 e. The maximum Gasteiger partial charge on any atom is 0.268 e. The van der Waals surface area contributed by atoms with E-state index < -0.39 is 8.07 Å². The molecule has 0 unspecified atom stereocenters. The lowest BCUT2D eigenvalue weighted by atomic mass is 10.2. The molecule has 1 aromatic carbocycles. The van der Waals surface area contributed by atoms with E-state index in [1.165, 1.54) is 5.39 Å². The van der Waals surface area contributed by atoms with E-state index in [2.05, 4.69) is 65.8 Å². The van der Waals surface area contributed by atoms with E-state index in [0.717, 1.165) is 5.52 Å². The Morgan fingerprint density at radius 2 is 1.50 bits per heavy atom. The molecular formula is C22H35NOSSi. The van der Waals surface area contributed by atoms with Crippen LogP contribution in [0.3, 0.4) is 0 Å². The Kier molecular flexibility index (Phi) is 6.08. The van der Waals surface area contributed by atoms with Crippen molar-refractivity contribution in [2.45, 2.75) is 84.5 Å². The molecule has 0 fully saturated rings. The zero-order chi connectivity index (χ0) is 19.9. The smallest absolute Gasteiger partial charge is 0.268 e. The van der Waals surface area contributed by atoms with E-state index in [9.17, 15) is 0 Å². The fourth-order valence-electron chi connectivity index (χ4n) is 4.88. The number of aromatic nitrogens is 1. The maximum atomic E-state index is 5.91. The molecule has 0 spiro atoms. The average molecular weight is 390 g/mol. The molecule has 0 saturated heterocycles. The van der Waals surface area contributed by atoms with Crippen LogP contribution in [0.4, 0.5) is 0 Å². The zero-order valence-electron chi connectivity index (χ0n) is 17.9. The van der Waals surface area contributed by atoms with Crippen LogP contribution >= 0.6 is 12.2 Å². The summed E-state index contributed by atoms with van der Waals surface area (Å²) < 4.78 is 7.89. The first-order chi connectivity index (χ1) is 11.9. The number of benzene rings is 1. The second kappa shape index (κ2) is 7.47. The Morgan fingerprint density at radius 1 is 0.962 bits per heavy atom. The summed E-state index contributed by atoms with van der Waals surface area (Å²) in [6, 6.07) is 9.16. The van der Waals surface area contributed by atoms with Gasteiger partial charge in [-0.25, -0.2) is 0 Å². The normalized spacial score (nSPS) is 13.2. The van der Waals surface area contributed by atoms with Crippen LogP contribution in [0.5, 0.6) is 0 Å². The first-order valence-electron chi connectivity index (χ1n) is 9.76. The molecule has 0 bridgehead atoms. The molecule has 0 aliphatic heterocycles. The molecule has 0 aliphatic carbocycles. The predicted octanol–water partition coefficient (Wildman–Crippen LogP) is 6.48. The van der Waals surface area contributed by atoms with E-state index in [1.807, 2.05) is 31.5 Å². The Labute approximate surface area is 165 Å². The molecule has 0 saturated carbocycles. The van der Waals surface area contributed by atoms with Gasteiger partial charge in [-0.1, -0.05) is 58.9 Å². The van der Waals surface area contributed by atoms with E-state index in [1.54, 1.807) is 5.19 Å². The molecule has 0 radical (unpaired) electrons. The lowest BCUT2D eigenvalue weighted by Crippen LogP contribution is -2.55. The number of fused-ring (bicyclic) bond motifs is 1. The summed E-state index contributed by atoms with van der Waals surface area (Å²) in [4.78, 5) is 0. The minimum atomic E-state index is -1.65. The van der Waals surface area contributed by atoms with Gasteiger partial charge in [0.1, 0.15) is 5.60 Å². The number of hydrogen-bond donors (Lipinski definition) is 0. The van der Waals surface area contributed by atoms with Crippen LogP contribution in [0.1, 0.15) is 62.3 Å². The summed E-state index contributed by atoms with van der Waals surface area (Å²) in [6.45, 7) is 20.5. The van der Waals surface area contributed by atoms with Gasteiger partial charge in [0.25, 0.3) is 5.17 Å². The fraction of sp³-hybridized carbons (Fsp3) is 0.591. The molecule has 144 valence electrons. The molecule has 0 N–H and O–H groups in total. The van der Waals surface area contributed by atoms with Gasteiger partial charge in [0.05, 0.1) is 13.6 Å². The number of hydrogen-bond acceptors (Lipinski definition) is 2. The number of rotatable bonds is 4. The minimum Gasteiger partial charge on any atom is -0.465 e. The second-order valence-corrected chi connectivity index (χ2v) is 15.6. The van der Waals surface area contributed by atoms with Crippen LogP contribution in [-0.2, 0) is 4.74 Å². The van der Waals surface area contributed by atoms with Crippen molar-refractivity contribution < 1.29 is 4.74 Å². The molecule has 26 heavy (non-hydrogen) atoms. The van der Waals surface area contributed by atoms with Crippen LogP contribution in [0.2, 0.25) is 16.6 Å². The average Bonchev–Trinajstić information content (AvgIpc) is 2.88. The zero-order valence-corrected chi connectivity index (χ0v) is 19.7. The van der Waals surface area contributed by atoms with Gasteiger partial charge in [-0.2, -0.15) is 0 Å². The fourth-order valence-corrected chi connectivity index (χ4v) is 12.1. The molecule has 2 rings (SSSR count). The summed E-state index contributed by atoms with van der Waals surface area (Å²) in [5, 5.41) is 3.33. The summed E-state index contributed by atoms with van der Waals surface area (Å²) in [6.07, 6.45) is 2.03. The Hall–Kier alpha value is -1.13. The van der Waals surface area contributed by atoms with Gasteiger partial charge in [-0.15, -0.1) is 0 Å². The van der Waals surface area contributed by atoms with Crippen molar-refractivity contribution in [1.29, 1.82) is 0 Å². The van der Waals surface area contributed by atoms with E-state index in [0.29, 0.717) is 21.8 Å². The molecule has 2 nitrogen and oxygen atoms in total. The number of ether oxygens (including phenoxy) is 1. The maximum absolute atomic E-state index is 5.91. The van der Waals surface area contributed by atoms with Crippen LogP contribution in [0, 0.1) is 0 Å². The van der Waals surface area contributed by atoms with Gasteiger partial charge in [-0.3, -0.25) is 4.57 Å². The van der Waals surface area contributed by atoms with Crippen LogP contribution < -0.4 is 5.19 Å². The van der Waals surface area contributed by atoms with Gasteiger partial charge < -0.3 is 4.74 Å². The van der Waals surface area contributed by atoms with Crippen molar-refractivity contribution in [3.05, 3.63) is 30.5 Å². The van der Waals surface area contributed by atoms with Crippen LogP contribution in [0.25, 0.3) is 10.9 Å². The summed E-state index contributed by atoms with van der Waals surface area (Å²) in [5.41, 5.74) is 2.94. The van der Waals surface area contributed by atoms with Crippen molar-refractivity contribution in [2.75, 3.05) is 0 Å².